The van der Waals surface area contributed by atoms with Gasteiger partial charge >= 0.3 is 0 Å². The lowest BCUT2D eigenvalue weighted by molar-refractivity contribution is -0.124. The first kappa shape index (κ1) is 16.3. The van der Waals surface area contributed by atoms with Crippen LogP contribution in [0.5, 0.6) is 0 Å². The molecule has 0 aromatic rings. The number of carbonyl (C=O) groups is 1. The molecule has 1 saturated heterocycles. The van der Waals surface area contributed by atoms with Crippen molar-refractivity contribution in [2.75, 3.05) is 13.2 Å². The molecule has 0 aromatic carbocycles. The van der Waals surface area contributed by atoms with Crippen LogP contribution < -0.4 is 5.32 Å². The first-order valence-corrected chi connectivity index (χ1v) is 9.32. The fourth-order valence-corrected chi connectivity index (χ4v) is 5.19. The van der Waals surface area contributed by atoms with Gasteiger partial charge in [-0.05, 0) is 55.3 Å². The first-order chi connectivity index (χ1) is 10.4. The standard InChI is InChI=1S/C19H33NO2/c1-19(2,3)18-15(5-4-8-22-18)12-20-17(21)11-16-10-13-6-7-14(16)9-13/h13-16,18H,4-12H2,1-3H3,(H,20,21). The molecule has 5 atom stereocenters. The molecule has 2 saturated carbocycles. The highest BCUT2D eigenvalue weighted by Crippen LogP contribution is 2.49. The third-order valence-electron chi connectivity index (χ3n) is 6.19. The van der Waals surface area contributed by atoms with Crippen LogP contribution in [0.25, 0.3) is 0 Å². The van der Waals surface area contributed by atoms with Gasteiger partial charge in [-0.15, -0.1) is 0 Å². The Kier molecular flexibility index (Phi) is 4.82. The van der Waals surface area contributed by atoms with Gasteiger partial charge in [-0.25, -0.2) is 0 Å². The van der Waals surface area contributed by atoms with Crippen molar-refractivity contribution in [2.45, 2.75) is 71.8 Å². The number of ether oxygens (including phenoxy) is 1. The largest absolute Gasteiger partial charge is 0.377 e. The topological polar surface area (TPSA) is 38.3 Å². The van der Waals surface area contributed by atoms with Gasteiger partial charge in [0.1, 0.15) is 0 Å². The van der Waals surface area contributed by atoms with Crippen LogP contribution in [0, 0.1) is 29.1 Å². The van der Waals surface area contributed by atoms with Crippen molar-refractivity contribution in [3.05, 3.63) is 0 Å². The van der Waals surface area contributed by atoms with Gasteiger partial charge in [0.25, 0.3) is 0 Å². The third-order valence-corrected chi connectivity index (χ3v) is 6.19. The Morgan fingerprint density at radius 3 is 2.59 bits per heavy atom. The third kappa shape index (κ3) is 3.67. The number of amides is 1. The van der Waals surface area contributed by atoms with Crippen LogP contribution in [0.1, 0.15) is 65.7 Å². The van der Waals surface area contributed by atoms with E-state index in [1.165, 1.54) is 32.1 Å². The molecule has 3 aliphatic rings. The Morgan fingerprint density at radius 2 is 1.95 bits per heavy atom. The average molecular weight is 307 g/mol. The maximum Gasteiger partial charge on any atom is 0.220 e. The quantitative estimate of drug-likeness (QED) is 0.858. The van der Waals surface area contributed by atoms with Crippen LogP contribution in [-0.4, -0.2) is 25.2 Å². The zero-order chi connectivity index (χ0) is 15.7. The van der Waals surface area contributed by atoms with E-state index in [1.54, 1.807) is 0 Å². The number of hydrogen-bond donors (Lipinski definition) is 1. The molecule has 2 bridgehead atoms. The van der Waals surface area contributed by atoms with E-state index in [-0.39, 0.29) is 17.4 Å². The van der Waals surface area contributed by atoms with Crippen molar-refractivity contribution in [1.82, 2.24) is 5.32 Å². The van der Waals surface area contributed by atoms with Crippen LogP contribution >= 0.6 is 0 Å². The van der Waals surface area contributed by atoms with Gasteiger partial charge in [0.2, 0.25) is 5.91 Å². The molecule has 22 heavy (non-hydrogen) atoms. The summed E-state index contributed by atoms with van der Waals surface area (Å²) in [5.74, 6) is 3.18. The van der Waals surface area contributed by atoms with Crippen molar-refractivity contribution >= 4 is 5.91 Å². The van der Waals surface area contributed by atoms with Crippen molar-refractivity contribution in [2.24, 2.45) is 29.1 Å². The van der Waals surface area contributed by atoms with Crippen molar-refractivity contribution < 1.29 is 9.53 Å². The zero-order valence-corrected chi connectivity index (χ0v) is 14.6. The number of nitrogens with one attached hydrogen (secondary N) is 1. The summed E-state index contributed by atoms with van der Waals surface area (Å²) in [4.78, 5) is 12.3. The second-order valence-electron chi connectivity index (χ2n) is 9.00. The highest BCUT2D eigenvalue weighted by Gasteiger charge is 2.40. The smallest absolute Gasteiger partial charge is 0.220 e. The molecule has 1 amide bonds. The van der Waals surface area contributed by atoms with Gasteiger partial charge in [0.05, 0.1) is 6.10 Å². The lowest BCUT2D eigenvalue weighted by Crippen LogP contribution is -2.45. The molecule has 3 heteroatoms. The van der Waals surface area contributed by atoms with E-state index in [4.69, 9.17) is 4.74 Å². The Morgan fingerprint density at radius 1 is 1.14 bits per heavy atom. The van der Waals surface area contributed by atoms with E-state index >= 15 is 0 Å². The van der Waals surface area contributed by atoms with E-state index in [1.807, 2.05) is 0 Å². The van der Waals surface area contributed by atoms with Gasteiger partial charge in [0.15, 0.2) is 0 Å². The van der Waals surface area contributed by atoms with Crippen molar-refractivity contribution in [1.29, 1.82) is 0 Å². The molecular formula is C19H33NO2. The van der Waals surface area contributed by atoms with E-state index in [9.17, 15) is 4.79 Å². The van der Waals surface area contributed by atoms with Crippen LogP contribution in [0.4, 0.5) is 0 Å². The van der Waals surface area contributed by atoms with Crippen molar-refractivity contribution in [3.63, 3.8) is 0 Å². The second kappa shape index (κ2) is 6.51. The Bertz CT molecular complexity index is 401. The number of carbonyl (C=O) groups excluding carboxylic acids is 1. The molecule has 0 radical (unpaired) electrons. The summed E-state index contributed by atoms with van der Waals surface area (Å²) >= 11 is 0. The molecule has 3 nitrogen and oxygen atoms in total. The minimum absolute atomic E-state index is 0.153. The number of hydrogen-bond acceptors (Lipinski definition) is 2. The SMILES string of the molecule is CC(C)(C)C1OCCCC1CNC(=O)CC1CC2CCC1C2. The maximum atomic E-state index is 12.3. The summed E-state index contributed by atoms with van der Waals surface area (Å²) in [7, 11) is 0. The van der Waals surface area contributed by atoms with Crippen LogP contribution in [0.3, 0.4) is 0 Å². The molecule has 2 aliphatic carbocycles. The van der Waals surface area contributed by atoms with E-state index in [2.05, 4.69) is 26.1 Å². The van der Waals surface area contributed by atoms with E-state index < -0.39 is 0 Å². The zero-order valence-electron chi connectivity index (χ0n) is 14.6. The molecule has 5 unspecified atom stereocenters. The van der Waals surface area contributed by atoms with Crippen LogP contribution in [0.15, 0.2) is 0 Å². The summed E-state index contributed by atoms with van der Waals surface area (Å²) in [6.07, 6.45) is 8.80. The van der Waals surface area contributed by atoms with Gasteiger partial charge < -0.3 is 10.1 Å². The average Bonchev–Trinajstić information content (AvgIpc) is 3.07. The van der Waals surface area contributed by atoms with Gasteiger partial charge in [-0.1, -0.05) is 27.2 Å². The van der Waals surface area contributed by atoms with E-state index in [0.717, 1.165) is 37.8 Å². The maximum absolute atomic E-state index is 12.3. The van der Waals surface area contributed by atoms with Gasteiger partial charge in [-0.3, -0.25) is 4.79 Å². The molecule has 1 N–H and O–H groups in total. The highest BCUT2D eigenvalue weighted by atomic mass is 16.5. The summed E-state index contributed by atoms with van der Waals surface area (Å²) in [5.41, 5.74) is 0.153. The number of rotatable bonds is 4. The molecule has 3 fully saturated rings. The predicted molar refractivity (Wildman–Crippen MR) is 88.5 cm³/mol. The highest BCUT2D eigenvalue weighted by molar-refractivity contribution is 5.76. The molecule has 3 rings (SSSR count). The summed E-state index contributed by atoms with van der Waals surface area (Å²) in [5, 5.41) is 3.22. The monoisotopic (exact) mass is 307 g/mol. The number of fused-ring (bicyclic) bond motifs is 2. The van der Waals surface area contributed by atoms with Crippen LogP contribution in [0.2, 0.25) is 0 Å². The Balaban J connectivity index is 1.45. The fourth-order valence-electron chi connectivity index (χ4n) is 5.19. The predicted octanol–water partition coefficient (Wildman–Crippen LogP) is 3.77. The minimum atomic E-state index is 0.153. The van der Waals surface area contributed by atoms with Gasteiger partial charge in [-0.2, -0.15) is 0 Å². The molecule has 0 aromatic heterocycles. The lowest BCUT2D eigenvalue weighted by Gasteiger charge is -2.40. The summed E-state index contributed by atoms with van der Waals surface area (Å²) < 4.78 is 6.01. The first-order valence-electron chi connectivity index (χ1n) is 9.32. The second-order valence-corrected chi connectivity index (χ2v) is 9.00. The molecular weight excluding hydrogens is 274 g/mol. The molecule has 126 valence electrons. The summed E-state index contributed by atoms with van der Waals surface area (Å²) in [6, 6.07) is 0. The molecule has 0 spiro atoms. The van der Waals surface area contributed by atoms with E-state index in [0.29, 0.717) is 11.8 Å². The van der Waals surface area contributed by atoms with Crippen LogP contribution in [-0.2, 0) is 9.53 Å². The Hall–Kier alpha value is -0.570. The normalized spacial score (nSPS) is 38.2. The molecule has 1 heterocycles. The summed E-state index contributed by atoms with van der Waals surface area (Å²) in [6.45, 7) is 8.40. The lowest BCUT2D eigenvalue weighted by atomic mass is 9.78. The van der Waals surface area contributed by atoms with Crippen molar-refractivity contribution in [3.8, 4) is 0 Å². The van der Waals surface area contributed by atoms with Gasteiger partial charge in [0, 0.05) is 25.5 Å². The minimum Gasteiger partial charge on any atom is -0.377 e. The fraction of sp³-hybridized carbons (Fsp3) is 0.947. The molecule has 1 aliphatic heterocycles. The Labute approximate surface area is 135 Å².